The van der Waals surface area contributed by atoms with Crippen molar-refractivity contribution in [3.8, 4) is 16.6 Å². The van der Waals surface area contributed by atoms with E-state index in [1.165, 1.54) is 24.2 Å². The quantitative estimate of drug-likeness (QED) is 0.197. The van der Waals surface area contributed by atoms with Crippen LogP contribution in [0.4, 0.5) is 4.79 Å². The average Bonchev–Trinajstić information content (AvgIpc) is 3.95. The van der Waals surface area contributed by atoms with Crippen LogP contribution in [0.2, 0.25) is 0 Å². The number of fused-ring (bicyclic) bond motifs is 3. The zero-order valence-electron chi connectivity index (χ0n) is 38.5. The molecule has 1 unspecified atom stereocenters. The molecule has 0 bridgehead atoms. The Morgan fingerprint density at radius 2 is 1.72 bits per heavy atom. The highest BCUT2D eigenvalue weighted by atomic mass is 32.2. The maximum atomic E-state index is 15.0. The van der Waals surface area contributed by atoms with E-state index in [-0.39, 0.29) is 30.7 Å². The minimum Gasteiger partial charge on any atom is -0.459 e. The first-order chi connectivity index (χ1) is 30.3. The molecule has 2 N–H and O–H groups in total. The largest absolute Gasteiger partial charge is 0.459 e. The van der Waals surface area contributed by atoms with E-state index in [9.17, 15) is 22.8 Å². The number of sulfonamides is 1. The Morgan fingerprint density at radius 3 is 2.42 bits per heavy atom. The van der Waals surface area contributed by atoms with E-state index >= 15 is 4.79 Å². The molecule has 3 saturated carbocycles. The maximum Gasteiger partial charge on any atom is 0.408 e. The number of aromatic nitrogens is 3. The Balaban J connectivity index is 1.13. The molecular formula is C48H66N6O8S2. The third kappa shape index (κ3) is 9.37. The van der Waals surface area contributed by atoms with Crippen LogP contribution in [0.1, 0.15) is 156 Å². The summed E-state index contributed by atoms with van der Waals surface area (Å²) in [6.45, 7) is 12.9. The van der Waals surface area contributed by atoms with Crippen molar-refractivity contribution in [2.75, 3.05) is 6.54 Å². The molecule has 0 spiro atoms. The molecule has 1 saturated heterocycles. The second-order valence-electron chi connectivity index (χ2n) is 20.7. The lowest BCUT2D eigenvalue weighted by molar-refractivity contribution is -0.141. The van der Waals surface area contributed by atoms with E-state index in [2.05, 4.69) is 29.3 Å². The number of carbonyl (C=O) groups is 4. The fourth-order valence-electron chi connectivity index (χ4n) is 10.1. The predicted octanol–water partition coefficient (Wildman–Crippen LogP) is 8.76. The fraction of sp³-hybridized carbons (Fsp3) is 0.667. The van der Waals surface area contributed by atoms with Gasteiger partial charge in [0, 0.05) is 35.2 Å². The van der Waals surface area contributed by atoms with E-state index in [0.717, 1.165) is 59.4 Å². The number of carbonyl (C=O) groups excluding carboxylic acids is 4. The topological polar surface area (TPSA) is 179 Å². The molecule has 348 valence electrons. The molecule has 3 aromatic rings. The Labute approximate surface area is 381 Å². The number of ether oxygens (including phenoxy) is 2. The number of benzene rings is 1. The lowest BCUT2D eigenvalue weighted by Crippen LogP contribution is -2.53. The van der Waals surface area contributed by atoms with Gasteiger partial charge in [-0.25, -0.2) is 18.2 Å². The van der Waals surface area contributed by atoms with Crippen LogP contribution in [-0.2, 0) is 29.1 Å². The van der Waals surface area contributed by atoms with E-state index in [0.29, 0.717) is 44.0 Å². The van der Waals surface area contributed by atoms with Gasteiger partial charge in [0.05, 0.1) is 34.0 Å². The smallest absolute Gasteiger partial charge is 0.408 e. The monoisotopic (exact) mass is 918 g/mol. The van der Waals surface area contributed by atoms with E-state index < -0.39 is 67.8 Å². The molecule has 0 radical (unpaired) electrons. The van der Waals surface area contributed by atoms with E-state index in [1.54, 1.807) is 39.0 Å². The van der Waals surface area contributed by atoms with E-state index in [4.69, 9.17) is 19.4 Å². The number of thiazole rings is 1. The van der Waals surface area contributed by atoms with Crippen LogP contribution in [0.15, 0.2) is 35.7 Å². The number of Topliss-reactive ketones (excluding diaryl/α,β-unsaturated/α-hetero) is 1. The summed E-state index contributed by atoms with van der Waals surface area (Å²) in [4.78, 5) is 69.2. The number of nitrogens with one attached hydrogen (secondary N) is 2. The number of rotatable bonds is 9. The summed E-state index contributed by atoms with van der Waals surface area (Å²) < 4.78 is 42.6. The summed E-state index contributed by atoms with van der Waals surface area (Å²) >= 11 is 1.63. The van der Waals surface area contributed by atoms with Crippen molar-refractivity contribution in [1.29, 1.82) is 0 Å². The number of ketones is 1. The van der Waals surface area contributed by atoms with Crippen LogP contribution in [0.25, 0.3) is 21.6 Å². The van der Waals surface area contributed by atoms with Crippen molar-refractivity contribution in [3.05, 3.63) is 41.4 Å². The van der Waals surface area contributed by atoms with Crippen molar-refractivity contribution in [2.45, 2.75) is 179 Å². The van der Waals surface area contributed by atoms with Gasteiger partial charge in [0.2, 0.25) is 21.8 Å². The molecule has 14 nitrogen and oxygen atoms in total. The van der Waals surface area contributed by atoms with Crippen LogP contribution >= 0.6 is 11.3 Å². The van der Waals surface area contributed by atoms with E-state index in [1.807, 2.05) is 41.8 Å². The highest BCUT2D eigenvalue weighted by molar-refractivity contribution is 7.91. The van der Waals surface area contributed by atoms with Crippen LogP contribution in [-0.4, -0.2) is 86.6 Å². The first-order valence-electron chi connectivity index (χ1n) is 23.5. The maximum absolute atomic E-state index is 15.0. The minimum atomic E-state index is -3.97. The van der Waals surface area contributed by atoms with Gasteiger partial charge in [-0.1, -0.05) is 57.2 Å². The van der Waals surface area contributed by atoms with Gasteiger partial charge in [-0.05, 0) is 111 Å². The van der Waals surface area contributed by atoms with Crippen LogP contribution in [0, 0.1) is 17.3 Å². The molecular weight excluding hydrogens is 853 g/mol. The second kappa shape index (κ2) is 17.8. The molecule has 1 aromatic carbocycles. The zero-order valence-corrected chi connectivity index (χ0v) is 40.1. The van der Waals surface area contributed by atoms with Crippen molar-refractivity contribution in [1.82, 2.24) is 29.5 Å². The first kappa shape index (κ1) is 46.2. The van der Waals surface area contributed by atoms with Crippen molar-refractivity contribution >= 4 is 56.1 Å². The van der Waals surface area contributed by atoms with Crippen LogP contribution in [0.5, 0.6) is 6.01 Å². The Bertz CT molecular complexity index is 2410. The third-order valence-electron chi connectivity index (χ3n) is 14.3. The Hall–Kier alpha value is -4.31. The number of allylic oxidation sites excluding steroid dienone is 2. The number of hydrogen-bond acceptors (Lipinski definition) is 11. The predicted molar refractivity (Wildman–Crippen MR) is 246 cm³/mol. The summed E-state index contributed by atoms with van der Waals surface area (Å²) in [5, 5.41) is 5.91. The molecule has 2 aliphatic heterocycles. The number of hydrogen-bond donors (Lipinski definition) is 2. The summed E-state index contributed by atoms with van der Waals surface area (Å²) in [5.41, 5.74) is 1.58. The van der Waals surface area contributed by atoms with Gasteiger partial charge in [-0.3, -0.25) is 23.7 Å². The van der Waals surface area contributed by atoms with Gasteiger partial charge in [0.15, 0.2) is 5.78 Å². The summed E-state index contributed by atoms with van der Waals surface area (Å²) in [7, 11) is -3.97. The number of alkyl carbamates (subject to hydrolysis) is 1. The van der Waals surface area contributed by atoms with Gasteiger partial charge < -0.3 is 19.7 Å². The number of imidazole rings is 1. The summed E-state index contributed by atoms with van der Waals surface area (Å²) in [6, 6.07) is 4.32. The van der Waals surface area contributed by atoms with Gasteiger partial charge in [-0.15, -0.1) is 11.3 Å². The highest BCUT2D eigenvalue weighted by Crippen LogP contribution is 2.58. The number of amides is 3. The highest BCUT2D eigenvalue weighted by Gasteiger charge is 2.63. The Morgan fingerprint density at radius 1 is 1.00 bits per heavy atom. The molecule has 5 aliphatic rings. The zero-order chi connectivity index (χ0) is 45.8. The molecule has 4 heterocycles. The summed E-state index contributed by atoms with van der Waals surface area (Å²) in [6.07, 6.45) is 12.8. The standard InChI is InChI=1S/C48H66N6O8S2/c1-29(2)54-36-22-16-20-33(41-49-35(28-63-41)31-17-12-11-13-18-31)39(36)51-44(54)61-38-27-53-40(30(38)3)37(55)26-48(43(57)52-64(59,60)47(7)23-24-47)25-32(48)19-14-9-8-10-15-21-34(42(53)56)50-45(58)62-46(4,5)6/h14,16,19-20,22,28-32,34,38,40H,8-13,15,17-18,21,23-27H2,1-7H3,(H,50,58)(H,52,57)/b19-14-/t30?,32-,34+,38+,40+,48-/m1/s1. The molecule has 64 heavy (non-hydrogen) atoms. The van der Waals surface area contributed by atoms with Crippen LogP contribution in [0.3, 0.4) is 0 Å². The van der Waals surface area contributed by atoms with Crippen molar-refractivity contribution in [2.24, 2.45) is 17.3 Å². The number of nitrogens with zero attached hydrogens (tertiary/aromatic N) is 4. The molecule has 3 amide bonds. The lowest BCUT2D eigenvalue weighted by Gasteiger charge is -2.31. The van der Waals surface area contributed by atoms with Crippen LogP contribution < -0.4 is 14.8 Å². The van der Waals surface area contributed by atoms with Gasteiger partial charge >= 0.3 is 6.09 Å². The normalized spacial score (nSPS) is 28.4. The molecule has 2 aromatic heterocycles. The average molecular weight is 919 g/mol. The van der Waals surface area contributed by atoms with Crippen molar-refractivity contribution in [3.63, 3.8) is 0 Å². The van der Waals surface area contributed by atoms with Gasteiger partial charge in [-0.2, -0.15) is 4.98 Å². The lowest BCUT2D eigenvalue weighted by atomic mass is 9.87. The SMILES string of the molecule is CC1[C@@H](Oc2nc3c(-c4nc(C5CCCCC5)cs4)cccc3n2C(C)C)CN2C(=O)[C@@H](NC(=O)OC(C)(C)C)CCCCC/C=C\[C@@H]3C[C@@]3(C(=O)NS(=O)(=O)C3(C)CC3)CC(=O)[C@H]12. The van der Waals surface area contributed by atoms with Gasteiger partial charge in [0.25, 0.3) is 6.01 Å². The van der Waals surface area contributed by atoms with Crippen molar-refractivity contribution < 1.29 is 37.1 Å². The molecule has 16 heteroatoms. The molecule has 4 fully saturated rings. The molecule has 3 aliphatic carbocycles. The van der Waals surface area contributed by atoms with Gasteiger partial charge in [0.1, 0.15) is 28.3 Å². The fourth-order valence-corrected chi connectivity index (χ4v) is 12.3. The Kier molecular flexibility index (Phi) is 12.9. The second-order valence-corrected chi connectivity index (χ2v) is 23.7. The molecule has 8 rings (SSSR count). The summed E-state index contributed by atoms with van der Waals surface area (Å²) in [5.74, 6) is -1.93. The number of para-hydroxylation sites is 1. The minimum absolute atomic E-state index is 0.0174. The third-order valence-corrected chi connectivity index (χ3v) is 17.3. The first-order valence-corrected chi connectivity index (χ1v) is 25.9. The molecule has 6 atom stereocenters.